The molecule has 4 nitrogen and oxygen atoms in total. The molecular weight excluding hydrogens is 194 g/mol. The molecular formula is C11H11NO3. The highest BCUT2D eigenvalue weighted by molar-refractivity contribution is 5.84. The van der Waals surface area contributed by atoms with E-state index >= 15 is 0 Å². The molecule has 0 aromatic heterocycles. The van der Waals surface area contributed by atoms with Crippen LogP contribution in [0.5, 0.6) is 0 Å². The number of anilines is 1. The molecule has 0 aliphatic carbocycles. The van der Waals surface area contributed by atoms with Gasteiger partial charge in [-0.1, -0.05) is 12.0 Å². The van der Waals surface area contributed by atoms with E-state index in [0.717, 1.165) is 0 Å². The highest BCUT2D eigenvalue weighted by Gasteiger charge is 2.02. The summed E-state index contributed by atoms with van der Waals surface area (Å²) < 4.78 is 4.62. The molecule has 4 heteroatoms. The van der Waals surface area contributed by atoms with Crippen LogP contribution in [0.2, 0.25) is 0 Å². The van der Waals surface area contributed by atoms with Gasteiger partial charge < -0.3 is 9.84 Å². The van der Waals surface area contributed by atoms with Crippen LogP contribution in [0.15, 0.2) is 24.3 Å². The van der Waals surface area contributed by atoms with Crippen molar-refractivity contribution in [3.8, 4) is 12.3 Å². The molecule has 1 rings (SSSR count). The first kappa shape index (κ1) is 11.1. The molecule has 0 saturated carbocycles. The Morgan fingerprint density at radius 1 is 1.60 bits per heavy atom. The van der Waals surface area contributed by atoms with Gasteiger partial charge in [-0.15, -0.1) is 6.42 Å². The second kappa shape index (κ2) is 5.68. The molecule has 1 amide bonds. The van der Waals surface area contributed by atoms with Gasteiger partial charge in [0.05, 0.1) is 6.61 Å². The largest absolute Gasteiger partial charge is 0.447 e. The van der Waals surface area contributed by atoms with Gasteiger partial charge in [0, 0.05) is 11.3 Å². The van der Waals surface area contributed by atoms with Crippen molar-refractivity contribution in [3.63, 3.8) is 0 Å². The summed E-state index contributed by atoms with van der Waals surface area (Å²) in [4.78, 5) is 11.1. The fourth-order valence-electron chi connectivity index (χ4n) is 0.979. The van der Waals surface area contributed by atoms with Gasteiger partial charge in [-0.05, 0) is 18.2 Å². The van der Waals surface area contributed by atoms with Crippen molar-refractivity contribution in [1.29, 1.82) is 0 Å². The molecule has 0 aliphatic heterocycles. The Bertz CT molecular complexity index is 382. The maximum absolute atomic E-state index is 11.1. The Kier molecular flexibility index (Phi) is 4.20. The average Bonchev–Trinajstić information content (AvgIpc) is 2.26. The molecule has 0 aliphatic rings. The predicted octanol–water partition coefficient (Wildman–Crippen LogP) is 1.21. The summed E-state index contributed by atoms with van der Waals surface area (Å²) >= 11 is 0. The van der Waals surface area contributed by atoms with Crippen molar-refractivity contribution in [2.24, 2.45) is 0 Å². The maximum atomic E-state index is 11.1. The van der Waals surface area contributed by atoms with E-state index < -0.39 is 6.09 Å². The van der Waals surface area contributed by atoms with Crippen molar-refractivity contribution < 1.29 is 14.6 Å². The van der Waals surface area contributed by atoms with Crippen LogP contribution in [-0.4, -0.2) is 24.4 Å². The molecule has 0 fully saturated rings. The topological polar surface area (TPSA) is 58.6 Å². The first-order chi connectivity index (χ1) is 7.26. The number of terminal acetylenes is 1. The van der Waals surface area contributed by atoms with Crippen molar-refractivity contribution in [2.45, 2.75) is 0 Å². The molecule has 0 radical (unpaired) electrons. The van der Waals surface area contributed by atoms with Gasteiger partial charge in [-0.25, -0.2) is 4.79 Å². The highest BCUT2D eigenvalue weighted by Crippen LogP contribution is 2.09. The van der Waals surface area contributed by atoms with Crippen molar-refractivity contribution in [3.05, 3.63) is 29.8 Å². The molecule has 1 aromatic rings. The lowest BCUT2D eigenvalue weighted by Crippen LogP contribution is -2.15. The smallest absolute Gasteiger partial charge is 0.411 e. The number of benzene rings is 1. The van der Waals surface area contributed by atoms with Crippen LogP contribution in [0.25, 0.3) is 0 Å². The zero-order chi connectivity index (χ0) is 11.1. The van der Waals surface area contributed by atoms with Crippen LogP contribution < -0.4 is 5.32 Å². The van der Waals surface area contributed by atoms with Crippen LogP contribution in [0.1, 0.15) is 5.56 Å². The van der Waals surface area contributed by atoms with E-state index in [0.29, 0.717) is 11.3 Å². The number of aliphatic hydroxyl groups is 1. The van der Waals surface area contributed by atoms with Crippen LogP contribution in [-0.2, 0) is 4.74 Å². The van der Waals surface area contributed by atoms with Gasteiger partial charge in [0.1, 0.15) is 6.61 Å². The summed E-state index contributed by atoms with van der Waals surface area (Å²) in [5.41, 5.74) is 1.24. The van der Waals surface area contributed by atoms with Gasteiger partial charge in [-0.3, -0.25) is 5.32 Å². The Labute approximate surface area is 87.9 Å². The van der Waals surface area contributed by atoms with Gasteiger partial charge >= 0.3 is 6.09 Å². The van der Waals surface area contributed by atoms with Gasteiger partial charge in [-0.2, -0.15) is 0 Å². The van der Waals surface area contributed by atoms with Gasteiger partial charge in [0.2, 0.25) is 0 Å². The molecule has 0 atom stereocenters. The molecule has 78 valence electrons. The molecule has 0 saturated heterocycles. The van der Waals surface area contributed by atoms with Crippen LogP contribution in [0, 0.1) is 12.3 Å². The lowest BCUT2D eigenvalue weighted by molar-refractivity contribution is 0.131. The van der Waals surface area contributed by atoms with E-state index in [1.807, 2.05) is 0 Å². The Morgan fingerprint density at radius 2 is 2.40 bits per heavy atom. The predicted molar refractivity (Wildman–Crippen MR) is 56.4 cm³/mol. The lowest BCUT2D eigenvalue weighted by atomic mass is 10.2. The quantitative estimate of drug-likeness (QED) is 0.729. The van der Waals surface area contributed by atoms with E-state index in [-0.39, 0.29) is 13.2 Å². The summed E-state index contributed by atoms with van der Waals surface area (Å²) in [6, 6.07) is 6.84. The zero-order valence-corrected chi connectivity index (χ0v) is 8.06. The normalized spacial score (nSPS) is 9.07. The summed E-state index contributed by atoms with van der Waals surface area (Å²) in [5.74, 6) is 2.45. The standard InChI is InChI=1S/C11H11NO3/c1-2-9-4-3-5-10(8-9)12-11(14)15-7-6-13/h1,3-5,8,13H,6-7H2,(H,12,14). The summed E-state index contributed by atoms with van der Waals surface area (Å²) in [5, 5.41) is 10.9. The van der Waals surface area contributed by atoms with Crippen molar-refractivity contribution >= 4 is 11.8 Å². The Morgan fingerprint density at radius 3 is 3.07 bits per heavy atom. The highest BCUT2D eigenvalue weighted by atomic mass is 16.6. The fourth-order valence-corrected chi connectivity index (χ4v) is 0.979. The number of aliphatic hydroxyl groups excluding tert-OH is 1. The number of hydrogen-bond acceptors (Lipinski definition) is 3. The van der Waals surface area contributed by atoms with Crippen molar-refractivity contribution in [2.75, 3.05) is 18.5 Å². The number of carbonyl (C=O) groups is 1. The van der Waals surface area contributed by atoms with Gasteiger partial charge in [0.25, 0.3) is 0 Å². The number of rotatable bonds is 3. The Hall–Kier alpha value is -1.99. The third-order valence-electron chi connectivity index (χ3n) is 1.60. The first-order valence-electron chi connectivity index (χ1n) is 4.37. The van der Waals surface area contributed by atoms with Crippen LogP contribution in [0.4, 0.5) is 10.5 Å². The van der Waals surface area contributed by atoms with E-state index in [1.165, 1.54) is 0 Å². The van der Waals surface area contributed by atoms with Crippen LogP contribution in [0.3, 0.4) is 0 Å². The van der Waals surface area contributed by atoms with Gasteiger partial charge in [0.15, 0.2) is 0 Å². The first-order valence-corrected chi connectivity index (χ1v) is 4.37. The minimum absolute atomic E-state index is 0.0271. The Balaban J connectivity index is 2.57. The second-order valence-electron chi connectivity index (χ2n) is 2.71. The average molecular weight is 205 g/mol. The third-order valence-corrected chi connectivity index (χ3v) is 1.60. The second-order valence-corrected chi connectivity index (χ2v) is 2.71. The van der Waals surface area contributed by atoms with E-state index in [1.54, 1.807) is 24.3 Å². The summed E-state index contributed by atoms with van der Waals surface area (Å²) in [6.07, 6.45) is 4.59. The van der Waals surface area contributed by atoms with Crippen LogP contribution >= 0.6 is 0 Å². The minimum atomic E-state index is -0.613. The molecule has 0 unspecified atom stereocenters. The minimum Gasteiger partial charge on any atom is -0.447 e. The number of carbonyl (C=O) groups excluding carboxylic acids is 1. The number of nitrogens with one attached hydrogen (secondary N) is 1. The molecule has 1 aromatic carbocycles. The third kappa shape index (κ3) is 3.71. The monoisotopic (exact) mass is 205 g/mol. The molecule has 0 heterocycles. The zero-order valence-electron chi connectivity index (χ0n) is 8.06. The van der Waals surface area contributed by atoms with E-state index in [4.69, 9.17) is 11.5 Å². The number of hydrogen-bond donors (Lipinski definition) is 2. The number of amides is 1. The maximum Gasteiger partial charge on any atom is 0.411 e. The van der Waals surface area contributed by atoms with Crippen molar-refractivity contribution in [1.82, 2.24) is 0 Å². The molecule has 0 spiro atoms. The SMILES string of the molecule is C#Cc1cccc(NC(=O)OCCO)c1. The molecule has 2 N–H and O–H groups in total. The molecule has 0 bridgehead atoms. The lowest BCUT2D eigenvalue weighted by Gasteiger charge is -2.05. The van der Waals surface area contributed by atoms with E-state index in [2.05, 4.69) is 16.0 Å². The fraction of sp³-hybridized carbons (Fsp3) is 0.182. The summed E-state index contributed by atoms with van der Waals surface area (Å²) in [6.45, 7) is -0.224. The van der Waals surface area contributed by atoms with E-state index in [9.17, 15) is 4.79 Å². The number of ether oxygens (including phenoxy) is 1. The summed E-state index contributed by atoms with van der Waals surface area (Å²) in [7, 11) is 0. The molecule has 15 heavy (non-hydrogen) atoms.